The molecule has 1 heterocycles. The van der Waals surface area contributed by atoms with E-state index in [2.05, 4.69) is 0 Å². The lowest BCUT2D eigenvalue weighted by atomic mass is 9.99. The number of nitrogens with zero attached hydrogens (tertiary/aromatic N) is 2. The zero-order valence-electron chi connectivity index (χ0n) is 18.7. The minimum absolute atomic E-state index is 0.118. The molecule has 0 amide bonds. The largest absolute Gasteiger partial charge is 0.417 e. The Morgan fingerprint density at radius 1 is 0.917 bits per heavy atom. The molecule has 0 saturated heterocycles. The van der Waals surface area contributed by atoms with E-state index in [4.69, 9.17) is 0 Å². The second-order valence-electron chi connectivity index (χ2n) is 7.86. The van der Waals surface area contributed by atoms with Crippen molar-refractivity contribution in [2.75, 3.05) is 6.26 Å². The number of alkyl halides is 3. The summed E-state index contributed by atoms with van der Waals surface area (Å²) in [6.07, 6.45) is -3.04. The van der Waals surface area contributed by atoms with E-state index in [1.54, 1.807) is 30.0 Å². The van der Waals surface area contributed by atoms with Gasteiger partial charge >= 0.3 is 6.18 Å². The van der Waals surface area contributed by atoms with Crippen LogP contribution in [-0.2, 0) is 12.7 Å². The van der Waals surface area contributed by atoms with Gasteiger partial charge in [0.1, 0.15) is 23.3 Å². The molecule has 0 bridgehead atoms. The van der Waals surface area contributed by atoms with Gasteiger partial charge in [0.2, 0.25) is 0 Å². The number of pyridine rings is 1. The van der Waals surface area contributed by atoms with E-state index < -0.39 is 41.0 Å². The maximum atomic E-state index is 14.4. The van der Waals surface area contributed by atoms with Crippen molar-refractivity contribution in [2.45, 2.75) is 17.6 Å². The monoisotopic (exact) mass is 512 g/mol. The van der Waals surface area contributed by atoms with Crippen LogP contribution in [0.2, 0.25) is 0 Å². The summed E-state index contributed by atoms with van der Waals surface area (Å²) >= 11 is 1.56. The number of aromatic nitrogens is 1. The Morgan fingerprint density at radius 3 is 2.22 bits per heavy atom. The van der Waals surface area contributed by atoms with Gasteiger partial charge in [0.25, 0.3) is 5.56 Å². The predicted octanol–water partition coefficient (Wildman–Crippen LogP) is 7.12. The van der Waals surface area contributed by atoms with Gasteiger partial charge in [-0.15, -0.1) is 11.8 Å². The lowest BCUT2D eigenvalue weighted by molar-refractivity contribution is -0.137. The Labute approximate surface area is 207 Å². The molecule has 182 valence electrons. The van der Waals surface area contributed by atoms with E-state index >= 15 is 0 Å². The van der Waals surface area contributed by atoms with E-state index in [9.17, 15) is 32.0 Å². The second kappa shape index (κ2) is 9.99. The standard InChI is InChI=1S/C27H17F5N2OS/c1-36-21-9-6-16(7-10-21)17-3-2-4-18(11-17)25-13-23(27(30,31)32)22(14-33)26(35)34(25)15-19-5-8-20(28)12-24(19)29/h2-13H,15H2,1H3. The first-order chi connectivity index (χ1) is 17.1. The molecular weight excluding hydrogens is 495 g/mol. The van der Waals surface area contributed by atoms with Crippen molar-refractivity contribution in [2.24, 2.45) is 0 Å². The Hall–Kier alpha value is -3.90. The van der Waals surface area contributed by atoms with Crippen LogP contribution in [0.3, 0.4) is 0 Å². The fourth-order valence-corrected chi connectivity index (χ4v) is 4.24. The van der Waals surface area contributed by atoms with Gasteiger partial charge in [-0.2, -0.15) is 18.4 Å². The molecule has 36 heavy (non-hydrogen) atoms. The van der Waals surface area contributed by atoms with Gasteiger partial charge < -0.3 is 4.57 Å². The average molecular weight is 513 g/mol. The maximum absolute atomic E-state index is 14.4. The summed E-state index contributed by atoms with van der Waals surface area (Å²) in [5.41, 5.74) is -2.22. The van der Waals surface area contributed by atoms with Crippen molar-refractivity contribution in [3.05, 3.63) is 111 Å². The van der Waals surface area contributed by atoms with Crippen LogP contribution in [0.5, 0.6) is 0 Å². The molecule has 0 atom stereocenters. The van der Waals surface area contributed by atoms with Crippen LogP contribution < -0.4 is 5.56 Å². The summed E-state index contributed by atoms with van der Waals surface area (Å²) in [7, 11) is 0. The summed E-state index contributed by atoms with van der Waals surface area (Å²) in [5, 5.41) is 9.35. The summed E-state index contributed by atoms with van der Waals surface area (Å²) in [6, 6.07) is 18.9. The van der Waals surface area contributed by atoms with Crippen LogP contribution in [0.25, 0.3) is 22.4 Å². The number of benzene rings is 3. The van der Waals surface area contributed by atoms with Crippen LogP contribution in [0.1, 0.15) is 16.7 Å². The summed E-state index contributed by atoms with van der Waals surface area (Å²) in [5.74, 6) is -1.80. The Morgan fingerprint density at radius 2 is 1.61 bits per heavy atom. The fourth-order valence-electron chi connectivity index (χ4n) is 3.84. The minimum Gasteiger partial charge on any atom is -0.303 e. The van der Waals surface area contributed by atoms with Gasteiger partial charge in [0.05, 0.1) is 17.8 Å². The number of rotatable bonds is 5. The molecule has 0 spiro atoms. The van der Waals surface area contributed by atoms with Crippen molar-refractivity contribution in [1.82, 2.24) is 4.57 Å². The highest BCUT2D eigenvalue weighted by Gasteiger charge is 2.36. The maximum Gasteiger partial charge on any atom is 0.417 e. The number of hydrogen-bond acceptors (Lipinski definition) is 3. The molecule has 3 nitrogen and oxygen atoms in total. The van der Waals surface area contributed by atoms with Crippen molar-refractivity contribution >= 4 is 11.8 Å². The van der Waals surface area contributed by atoms with Gasteiger partial charge in [-0.25, -0.2) is 8.78 Å². The molecule has 0 aliphatic rings. The van der Waals surface area contributed by atoms with Gasteiger partial charge in [-0.3, -0.25) is 4.79 Å². The molecule has 0 saturated carbocycles. The molecule has 1 aromatic heterocycles. The molecule has 0 radical (unpaired) electrons. The third-order valence-electron chi connectivity index (χ3n) is 5.64. The van der Waals surface area contributed by atoms with Crippen molar-refractivity contribution in [3.8, 4) is 28.5 Å². The Balaban J connectivity index is 1.94. The van der Waals surface area contributed by atoms with Crippen molar-refractivity contribution in [1.29, 1.82) is 5.26 Å². The van der Waals surface area contributed by atoms with Crippen LogP contribution in [0.15, 0.2) is 82.5 Å². The smallest absolute Gasteiger partial charge is 0.303 e. The fraction of sp³-hybridized carbons (Fsp3) is 0.111. The van der Waals surface area contributed by atoms with E-state index in [0.717, 1.165) is 33.2 Å². The second-order valence-corrected chi connectivity index (χ2v) is 8.74. The lowest BCUT2D eigenvalue weighted by Crippen LogP contribution is -2.29. The molecule has 4 aromatic rings. The van der Waals surface area contributed by atoms with Crippen molar-refractivity contribution < 1.29 is 22.0 Å². The number of halogens is 5. The molecule has 9 heteroatoms. The molecule has 4 rings (SSSR count). The zero-order chi connectivity index (χ0) is 26.0. The number of thioether (sulfide) groups is 1. The minimum atomic E-state index is -4.97. The normalized spacial score (nSPS) is 11.4. The number of hydrogen-bond donors (Lipinski definition) is 0. The molecule has 0 aliphatic carbocycles. The van der Waals surface area contributed by atoms with Crippen LogP contribution in [-0.4, -0.2) is 10.8 Å². The first-order valence-corrected chi connectivity index (χ1v) is 11.8. The quantitative estimate of drug-likeness (QED) is 0.211. The first-order valence-electron chi connectivity index (χ1n) is 10.6. The van der Waals surface area contributed by atoms with Crippen LogP contribution in [0.4, 0.5) is 22.0 Å². The highest BCUT2D eigenvalue weighted by Crippen LogP contribution is 2.35. The van der Waals surface area contributed by atoms with Crippen molar-refractivity contribution in [3.63, 3.8) is 0 Å². The molecule has 3 aromatic carbocycles. The lowest BCUT2D eigenvalue weighted by Gasteiger charge is -2.18. The predicted molar refractivity (Wildman–Crippen MR) is 129 cm³/mol. The summed E-state index contributed by atoms with van der Waals surface area (Å²) < 4.78 is 70.1. The molecule has 0 aliphatic heterocycles. The highest BCUT2D eigenvalue weighted by atomic mass is 32.2. The molecule has 0 fully saturated rings. The Kier molecular flexibility index (Phi) is 7.00. The zero-order valence-corrected chi connectivity index (χ0v) is 19.6. The van der Waals surface area contributed by atoms with Gasteiger partial charge in [-0.1, -0.05) is 36.4 Å². The average Bonchev–Trinajstić information content (AvgIpc) is 2.85. The highest BCUT2D eigenvalue weighted by molar-refractivity contribution is 7.98. The Bertz CT molecular complexity index is 1540. The van der Waals surface area contributed by atoms with E-state index in [1.165, 1.54) is 12.1 Å². The van der Waals surface area contributed by atoms with Gasteiger partial charge in [0.15, 0.2) is 0 Å². The number of nitriles is 1. The third-order valence-corrected chi connectivity index (χ3v) is 6.39. The molecular formula is C27H17F5N2OS. The molecule has 0 unspecified atom stereocenters. The topological polar surface area (TPSA) is 45.8 Å². The van der Waals surface area contributed by atoms with Gasteiger partial charge in [0, 0.05) is 16.5 Å². The van der Waals surface area contributed by atoms with E-state index in [0.29, 0.717) is 11.6 Å². The first kappa shape index (κ1) is 25.2. The van der Waals surface area contributed by atoms with E-state index in [-0.39, 0.29) is 16.8 Å². The van der Waals surface area contributed by atoms with Crippen LogP contribution >= 0.6 is 11.8 Å². The van der Waals surface area contributed by atoms with Gasteiger partial charge in [-0.05, 0) is 53.3 Å². The SMILES string of the molecule is CSc1ccc(-c2cccc(-c3cc(C(F)(F)F)c(C#N)c(=O)n3Cc3ccc(F)cc3F)c2)cc1. The third kappa shape index (κ3) is 5.04. The summed E-state index contributed by atoms with van der Waals surface area (Å²) in [4.78, 5) is 14.1. The van der Waals surface area contributed by atoms with E-state index in [1.807, 2.05) is 30.5 Å². The van der Waals surface area contributed by atoms with Crippen LogP contribution in [0, 0.1) is 23.0 Å². The summed E-state index contributed by atoms with van der Waals surface area (Å²) in [6.45, 7) is -0.500. The molecule has 0 N–H and O–H groups in total.